The maximum Gasteiger partial charge on any atom is 0.136 e. The van der Waals surface area contributed by atoms with E-state index in [-0.39, 0.29) is 0 Å². The van der Waals surface area contributed by atoms with Crippen LogP contribution in [0.25, 0.3) is 0 Å². The van der Waals surface area contributed by atoms with Crippen LogP contribution in [0.4, 0.5) is 0 Å². The molecular weight excluding hydrogens is 194 g/mol. The quantitative estimate of drug-likeness (QED) is 0.482. The fraction of sp³-hybridized carbons (Fsp3) is 0.818. The lowest BCUT2D eigenvalue weighted by molar-refractivity contribution is 0.437. The summed E-state index contributed by atoms with van der Waals surface area (Å²) in [4.78, 5) is 0. The zero-order valence-corrected chi connectivity index (χ0v) is 9.89. The minimum atomic E-state index is -0.817. The molecule has 3 heteroatoms. The molecule has 14 heavy (non-hydrogen) atoms. The summed E-state index contributed by atoms with van der Waals surface area (Å²) in [6.45, 7) is 4.10. The third kappa shape index (κ3) is 4.49. The van der Waals surface area contributed by atoms with Crippen molar-refractivity contribution in [2.24, 2.45) is 0 Å². The Hall–Kier alpha value is 0.01000. The van der Waals surface area contributed by atoms with E-state index < -0.39 is 11.4 Å². The molecule has 0 saturated carbocycles. The fourth-order valence-electron chi connectivity index (χ4n) is 1.65. The smallest absolute Gasteiger partial charge is 0.136 e. The monoisotopic (exact) mass is 215 g/mol. The highest BCUT2D eigenvalue weighted by molar-refractivity contribution is 7.92. The normalized spacial score (nSPS) is 22.0. The summed E-state index contributed by atoms with van der Waals surface area (Å²) in [5.41, 5.74) is 0. The summed E-state index contributed by atoms with van der Waals surface area (Å²) in [5, 5.41) is 1.79. The Morgan fingerprint density at radius 1 is 1.21 bits per heavy atom. The molecule has 0 N–H and O–H groups in total. The molecule has 1 unspecified atom stereocenters. The Morgan fingerprint density at radius 3 is 2.57 bits per heavy atom. The van der Waals surface area contributed by atoms with Crippen molar-refractivity contribution in [1.29, 1.82) is 0 Å². The zero-order valence-electron chi connectivity index (χ0n) is 9.08. The van der Waals surface area contributed by atoms with E-state index in [4.69, 9.17) is 0 Å². The zero-order chi connectivity index (χ0) is 10.2. The van der Waals surface area contributed by atoms with Crippen LogP contribution in [-0.4, -0.2) is 21.9 Å². The van der Waals surface area contributed by atoms with Crippen LogP contribution in [0, 0.1) is 0 Å². The highest BCUT2D eigenvalue weighted by Crippen LogP contribution is 2.13. The number of rotatable bonds is 7. The third-order valence-electron chi connectivity index (χ3n) is 2.54. The lowest BCUT2D eigenvalue weighted by Gasteiger charge is -2.15. The van der Waals surface area contributed by atoms with E-state index in [9.17, 15) is 4.55 Å². The number of nitrogens with zero attached hydrogens (tertiary/aromatic N) is 1. The second-order valence-electron chi connectivity index (χ2n) is 3.80. The molecule has 0 radical (unpaired) electrons. The minimum absolute atomic E-state index is 0.817. The topological polar surface area (TPSA) is 26.3 Å². The average molecular weight is 215 g/mol. The standard InChI is InChI=1S/C11H21NOS/c1-2-3-4-5-6-7-9-12-10-8-11-14(12)13/h8,11H,2-7,9-10H2,1H3. The third-order valence-corrected chi connectivity index (χ3v) is 3.80. The first-order valence-electron chi connectivity index (χ1n) is 5.67. The lowest BCUT2D eigenvalue weighted by atomic mass is 10.1. The molecule has 1 aliphatic rings. The van der Waals surface area contributed by atoms with Crippen molar-refractivity contribution in [2.75, 3.05) is 13.1 Å². The van der Waals surface area contributed by atoms with Crippen molar-refractivity contribution >= 4 is 11.4 Å². The SMILES string of the molecule is CCCCCCCCN1CC=C[S+]1[O-]. The average Bonchev–Trinajstić information content (AvgIpc) is 2.58. The van der Waals surface area contributed by atoms with Gasteiger partial charge in [-0.3, -0.25) is 0 Å². The van der Waals surface area contributed by atoms with E-state index >= 15 is 0 Å². The van der Waals surface area contributed by atoms with Gasteiger partial charge >= 0.3 is 0 Å². The van der Waals surface area contributed by atoms with Crippen LogP contribution in [0.15, 0.2) is 11.5 Å². The van der Waals surface area contributed by atoms with Crippen molar-refractivity contribution < 1.29 is 4.55 Å². The predicted molar refractivity (Wildman–Crippen MR) is 62.2 cm³/mol. The first-order valence-corrected chi connectivity index (χ1v) is 6.84. The minimum Gasteiger partial charge on any atom is -0.593 e. The summed E-state index contributed by atoms with van der Waals surface area (Å²) in [6.07, 6.45) is 9.83. The van der Waals surface area contributed by atoms with Gasteiger partial charge in [-0.1, -0.05) is 39.0 Å². The summed E-state index contributed by atoms with van der Waals surface area (Å²) in [7, 11) is 0. The van der Waals surface area contributed by atoms with Crippen LogP contribution in [0.5, 0.6) is 0 Å². The first kappa shape index (κ1) is 12.1. The second kappa shape index (κ2) is 7.32. The van der Waals surface area contributed by atoms with E-state index in [0.29, 0.717) is 0 Å². The van der Waals surface area contributed by atoms with Crippen molar-refractivity contribution in [3.05, 3.63) is 11.5 Å². The van der Waals surface area contributed by atoms with Crippen molar-refractivity contribution in [3.63, 3.8) is 0 Å². The van der Waals surface area contributed by atoms with E-state index in [1.165, 1.54) is 38.5 Å². The molecule has 82 valence electrons. The van der Waals surface area contributed by atoms with Gasteiger partial charge in [0.25, 0.3) is 0 Å². The number of unbranched alkanes of at least 4 members (excludes halogenated alkanes) is 5. The molecule has 0 aliphatic carbocycles. The Labute approximate surface area is 90.7 Å². The predicted octanol–water partition coefficient (Wildman–Crippen LogP) is 2.84. The Morgan fingerprint density at radius 2 is 1.93 bits per heavy atom. The van der Waals surface area contributed by atoms with Gasteiger partial charge in [-0.2, -0.15) is 0 Å². The fourth-order valence-corrected chi connectivity index (χ4v) is 2.62. The van der Waals surface area contributed by atoms with Crippen LogP contribution in [-0.2, 0) is 11.4 Å². The Bertz CT molecular complexity index is 173. The molecule has 1 heterocycles. The largest absolute Gasteiger partial charge is 0.593 e. The van der Waals surface area contributed by atoms with Gasteiger partial charge in [0.2, 0.25) is 0 Å². The molecule has 0 fully saturated rings. The number of hydrogen-bond acceptors (Lipinski definition) is 2. The van der Waals surface area contributed by atoms with E-state index in [1.54, 1.807) is 5.41 Å². The summed E-state index contributed by atoms with van der Waals surface area (Å²) in [5.74, 6) is 0. The summed E-state index contributed by atoms with van der Waals surface area (Å²) < 4.78 is 13.3. The highest BCUT2D eigenvalue weighted by Gasteiger charge is 2.20. The maximum atomic E-state index is 11.3. The molecule has 0 aromatic heterocycles. The van der Waals surface area contributed by atoms with Crippen LogP contribution in [0.1, 0.15) is 45.4 Å². The van der Waals surface area contributed by atoms with Crippen molar-refractivity contribution in [1.82, 2.24) is 4.31 Å². The van der Waals surface area contributed by atoms with Gasteiger partial charge in [0.05, 0.1) is 17.9 Å². The van der Waals surface area contributed by atoms with Gasteiger partial charge in [-0.15, -0.1) is 4.31 Å². The van der Waals surface area contributed by atoms with Gasteiger partial charge in [0.1, 0.15) is 5.41 Å². The molecule has 0 bridgehead atoms. The van der Waals surface area contributed by atoms with Gasteiger partial charge in [0.15, 0.2) is 0 Å². The molecule has 0 saturated heterocycles. The van der Waals surface area contributed by atoms with Gasteiger partial charge in [-0.25, -0.2) is 0 Å². The molecule has 0 spiro atoms. The van der Waals surface area contributed by atoms with E-state index in [2.05, 4.69) is 6.92 Å². The van der Waals surface area contributed by atoms with Crippen molar-refractivity contribution in [3.8, 4) is 0 Å². The molecule has 0 aromatic carbocycles. The van der Waals surface area contributed by atoms with E-state index in [1.807, 2.05) is 10.4 Å². The van der Waals surface area contributed by atoms with Gasteiger partial charge in [0, 0.05) is 6.54 Å². The van der Waals surface area contributed by atoms with Crippen molar-refractivity contribution in [2.45, 2.75) is 45.4 Å². The van der Waals surface area contributed by atoms with Gasteiger partial charge < -0.3 is 4.55 Å². The summed E-state index contributed by atoms with van der Waals surface area (Å²) >= 11 is -0.817. The maximum absolute atomic E-state index is 11.3. The first-order chi connectivity index (χ1) is 6.84. The molecule has 1 rings (SSSR count). The Balaban J connectivity index is 1.89. The molecule has 2 nitrogen and oxygen atoms in total. The second-order valence-corrected chi connectivity index (χ2v) is 5.14. The highest BCUT2D eigenvalue weighted by atomic mass is 32.2. The van der Waals surface area contributed by atoms with E-state index in [0.717, 1.165) is 13.1 Å². The molecule has 0 amide bonds. The van der Waals surface area contributed by atoms with Crippen LogP contribution >= 0.6 is 0 Å². The molecule has 0 aromatic rings. The number of hydrogen-bond donors (Lipinski definition) is 0. The van der Waals surface area contributed by atoms with Crippen LogP contribution < -0.4 is 0 Å². The Kier molecular flexibility index (Phi) is 6.32. The molecule has 1 aliphatic heterocycles. The van der Waals surface area contributed by atoms with Gasteiger partial charge in [-0.05, 0) is 12.5 Å². The summed E-state index contributed by atoms with van der Waals surface area (Å²) in [6, 6.07) is 0. The van der Waals surface area contributed by atoms with Crippen LogP contribution in [0.2, 0.25) is 0 Å². The van der Waals surface area contributed by atoms with Crippen LogP contribution in [0.3, 0.4) is 0 Å². The molecular formula is C11H21NOS. The lowest BCUT2D eigenvalue weighted by Crippen LogP contribution is -2.26. The molecule has 1 atom stereocenters.